The van der Waals surface area contributed by atoms with Gasteiger partial charge < -0.3 is 24.5 Å². The van der Waals surface area contributed by atoms with E-state index in [4.69, 9.17) is 4.74 Å². The van der Waals surface area contributed by atoms with Gasteiger partial charge in [0.15, 0.2) is 5.82 Å². The molecule has 1 aromatic carbocycles. The predicted octanol–water partition coefficient (Wildman–Crippen LogP) is 2.06. The van der Waals surface area contributed by atoms with Crippen molar-refractivity contribution in [2.75, 3.05) is 55.7 Å². The number of hydrogen-bond acceptors (Lipinski definition) is 7. The first-order valence-corrected chi connectivity index (χ1v) is 12.1. The van der Waals surface area contributed by atoms with E-state index in [-0.39, 0.29) is 12.2 Å². The smallest absolute Gasteiger partial charge is 0.316 e. The Morgan fingerprint density at radius 1 is 1.06 bits per heavy atom. The molecular weight excluding hydrogens is 437 g/mol. The van der Waals surface area contributed by atoms with E-state index in [1.165, 1.54) is 0 Å². The van der Waals surface area contributed by atoms with Crippen LogP contribution in [-0.2, 0) is 11.4 Å². The molecule has 0 spiro atoms. The molecule has 1 N–H and O–H groups in total. The molecule has 0 unspecified atom stereocenters. The van der Waals surface area contributed by atoms with Crippen molar-refractivity contribution in [2.45, 2.75) is 32.3 Å². The number of anilines is 2. The molecule has 34 heavy (non-hydrogen) atoms. The third-order valence-corrected chi connectivity index (χ3v) is 6.98. The van der Waals surface area contributed by atoms with Gasteiger partial charge in [0, 0.05) is 51.3 Å². The van der Waals surface area contributed by atoms with Crippen molar-refractivity contribution in [1.29, 1.82) is 0 Å². The highest BCUT2D eigenvalue weighted by molar-refractivity contribution is 5.81. The van der Waals surface area contributed by atoms with Gasteiger partial charge in [0.05, 0.1) is 42.5 Å². The molecule has 8 nitrogen and oxygen atoms in total. The number of ether oxygens (including phenoxy) is 1. The van der Waals surface area contributed by atoms with Gasteiger partial charge in [0.2, 0.25) is 5.91 Å². The van der Waals surface area contributed by atoms with E-state index >= 15 is 0 Å². The van der Waals surface area contributed by atoms with Crippen molar-refractivity contribution in [2.24, 2.45) is 11.8 Å². The van der Waals surface area contributed by atoms with Crippen molar-refractivity contribution < 1.29 is 19.0 Å². The summed E-state index contributed by atoms with van der Waals surface area (Å²) in [6.07, 6.45) is 7.56. The quantitative estimate of drug-likeness (QED) is 0.668. The van der Waals surface area contributed by atoms with Crippen LogP contribution in [0.25, 0.3) is 0 Å². The number of halogens is 1. The lowest BCUT2D eigenvalue weighted by atomic mass is 9.97. The lowest BCUT2D eigenvalue weighted by molar-refractivity contribution is -0.134. The summed E-state index contributed by atoms with van der Waals surface area (Å²) in [5.74, 6) is 0.608. The molecule has 3 aliphatic rings. The molecule has 2 aliphatic heterocycles. The first-order valence-electron chi connectivity index (χ1n) is 12.1. The van der Waals surface area contributed by atoms with E-state index in [1.54, 1.807) is 18.5 Å². The van der Waals surface area contributed by atoms with Crippen LogP contribution in [0.3, 0.4) is 0 Å². The fourth-order valence-electron chi connectivity index (χ4n) is 4.66. The summed E-state index contributed by atoms with van der Waals surface area (Å²) in [6, 6.07) is 7.35. The molecule has 5 rings (SSSR count). The summed E-state index contributed by atoms with van der Waals surface area (Å²) in [5.41, 5.74) is 1.50. The van der Waals surface area contributed by atoms with Gasteiger partial charge in [0.25, 0.3) is 0 Å². The lowest BCUT2D eigenvalue weighted by Crippen LogP contribution is -2.47. The van der Waals surface area contributed by atoms with Crippen LogP contribution >= 0.6 is 0 Å². The Balaban J connectivity index is 1.08. The molecule has 2 aromatic rings. The second-order valence-corrected chi connectivity index (χ2v) is 9.30. The van der Waals surface area contributed by atoms with Crippen molar-refractivity contribution in [3.63, 3.8) is 0 Å². The number of aliphatic hydroxyl groups is 1. The second-order valence-electron chi connectivity index (χ2n) is 9.30. The topological polar surface area (TPSA) is 82.0 Å². The Bertz CT molecular complexity index is 985. The molecule has 1 aromatic heterocycles. The molecule has 3 heterocycles. The summed E-state index contributed by atoms with van der Waals surface area (Å²) in [6.45, 7) is 4.50. The molecule has 2 saturated heterocycles. The number of nitrogens with zero attached hydrogens (tertiary/aromatic N) is 5. The number of hydrogen-bond donors (Lipinski definition) is 1. The Kier molecular flexibility index (Phi) is 6.68. The standard InChI is InChI=1S/C25H30FN5O3/c26-23-20(16-32)2-1-3-22(23)30-12-10-29(11-13-30)21-14-27-25(28-15-21)34-17-18-6-8-31(9-7-18)24(33)19-4-5-19/h3,14-15,18-19,32H,4-13,16-17H2. The van der Waals surface area contributed by atoms with E-state index in [0.717, 1.165) is 44.5 Å². The van der Waals surface area contributed by atoms with E-state index in [9.17, 15) is 14.3 Å². The average molecular weight is 468 g/mol. The van der Waals surface area contributed by atoms with Gasteiger partial charge >= 0.3 is 6.01 Å². The number of piperidine rings is 1. The number of aromatic nitrogens is 2. The summed E-state index contributed by atoms with van der Waals surface area (Å²) in [5, 5.41) is 9.26. The van der Waals surface area contributed by atoms with Gasteiger partial charge in [-0.3, -0.25) is 4.79 Å². The molecule has 1 amide bonds. The fourth-order valence-corrected chi connectivity index (χ4v) is 4.66. The van der Waals surface area contributed by atoms with Crippen molar-refractivity contribution >= 4 is 17.3 Å². The van der Waals surface area contributed by atoms with Crippen LogP contribution in [0.1, 0.15) is 31.2 Å². The van der Waals surface area contributed by atoms with Crippen LogP contribution in [0.5, 0.6) is 6.01 Å². The Labute approximate surface area is 199 Å². The van der Waals surface area contributed by atoms with Gasteiger partial charge in [-0.15, -0.1) is 0 Å². The van der Waals surface area contributed by atoms with Gasteiger partial charge in [0.1, 0.15) is 0 Å². The molecule has 1 saturated carbocycles. The van der Waals surface area contributed by atoms with Crippen LogP contribution in [0, 0.1) is 29.8 Å². The van der Waals surface area contributed by atoms with Gasteiger partial charge in [-0.1, -0.05) is 12.1 Å². The van der Waals surface area contributed by atoms with Crippen LogP contribution in [-0.4, -0.2) is 71.8 Å². The van der Waals surface area contributed by atoms with E-state index in [2.05, 4.69) is 27.0 Å². The molecule has 3 fully saturated rings. The number of rotatable bonds is 7. The maximum Gasteiger partial charge on any atom is 0.316 e. The molecule has 0 atom stereocenters. The van der Waals surface area contributed by atoms with Gasteiger partial charge in [-0.2, -0.15) is 0 Å². The average Bonchev–Trinajstić information content (AvgIpc) is 3.74. The molecule has 9 heteroatoms. The molecular formula is C25H30FN5O3. The zero-order chi connectivity index (χ0) is 23.5. The highest BCUT2D eigenvalue weighted by atomic mass is 19.1. The number of piperazine rings is 1. The van der Waals surface area contributed by atoms with Crippen molar-refractivity contribution in [1.82, 2.24) is 14.9 Å². The first kappa shape index (κ1) is 22.7. The van der Waals surface area contributed by atoms with Crippen LogP contribution in [0.15, 0.2) is 18.5 Å². The van der Waals surface area contributed by atoms with Crippen LogP contribution in [0.4, 0.5) is 15.8 Å². The lowest BCUT2D eigenvalue weighted by Gasteiger charge is -2.37. The fraction of sp³-hybridized carbons (Fsp3) is 0.560. The molecule has 0 bridgehead atoms. The third-order valence-electron chi connectivity index (χ3n) is 6.98. The summed E-state index contributed by atoms with van der Waals surface area (Å²) < 4.78 is 20.3. The highest BCUT2D eigenvalue weighted by Crippen LogP contribution is 2.32. The molecule has 1 aliphatic carbocycles. The monoisotopic (exact) mass is 467 g/mol. The minimum absolute atomic E-state index is 0.140. The molecule has 0 radical (unpaired) electrons. The minimum atomic E-state index is -0.431. The van der Waals surface area contributed by atoms with Crippen LogP contribution in [0.2, 0.25) is 0 Å². The van der Waals surface area contributed by atoms with E-state index in [1.807, 2.05) is 9.80 Å². The normalized spacial score (nSPS) is 19.2. The maximum atomic E-state index is 14.5. The van der Waals surface area contributed by atoms with Gasteiger partial charge in [-0.05, 0) is 31.6 Å². The van der Waals surface area contributed by atoms with Gasteiger partial charge in [-0.25, -0.2) is 14.4 Å². The Hall–Kier alpha value is -3.12. The first-order chi connectivity index (χ1) is 16.6. The molecule has 180 valence electrons. The van der Waals surface area contributed by atoms with Crippen LogP contribution < -0.4 is 14.5 Å². The SMILES string of the molecule is O=C(C1CC1)N1CCC(COc2ncc(N3CCN(c4cc#cc(CO)c4F)CC3)cn2)CC1. The predicted molar refractivity (Wildman–Crippen MR) is 124 cm³/mol. The number of carbonyl (C=O) groups is 1. The number of carbonyl (C=O) groups excluding carboxylic acids is 1. The second kappa shape index (κ2) is 10.0. The zero-order valence-electron chi connectivity index (χ0n) is 19.2. The van der Waals surface area contributed by atoms with E-state index < -0.39 is 5.82 Å². The summed E-state index contributed by atoms with van der Waals surface area (Å²) >= 11 is 0. The number of amides is 1. The summed E-state index contributed by atoms with van der Waals surface area (Å²) in [4.78, 5) is 27.1. The largest absolute Gasteiger partial charge is 0.463 e. The summed E-state index contributed by atoms with van der Waals surface area (Å²) in [7, 11) is 0. The van der Waals surface area contributed by atoms with Crippen molar-refractivity contribution in [3.8, 4) is 6.01 Å². The number of likely N-dealkylation sites (tertiary alicyclic amines) is 1. The zero-order valence-corrected chi connectivity index (χ0v) is 19.2. The number of aliphatic hydroxyl groups excluding tert-OH is 1. The minimum Gasteiger partial charge on any atom is -0.463 e. The maximum absolute atomic E-state index is 14.5. The third kappa shape index (κ3) is 5.02. The highest BCUT2D eigenvalue weighted by Gasteiger charge is 2.35. The van der Waals surface area contributed by atoms with Crippen molar-refractivity contribution in [3.05, 3.63) is 42.0 Å². The Morgan fingerprint density at radius 3 is 2.38 bits per heavy atom. The Morgan fingerprint density at radius 2 is 1.74 bits per heavy atom. The van der Waals surface area contributed by atoms with E-state index in [0.29, 0.717) is 62.2 Å².